The van der Waals surface area contributed by atoms with Gasteiger partial charge in [-0.05, 0) is 74.6 Å². The molecule has 8 heterocycles. The number of nitrogens with one attached hydrogen (secondary N) is 2. The summed E-state index contributed by atoms with van der Waals surface area (Å²) in [4.78, 5) is 89.0. The zero-order valence-corrected chi connectivity index (χ0v) is 38.8. The van der Waals surface area contributed by atoms with E-state index in [1.165, 1.54) is 0 Å². The number of imide groups is 2. The Morgan fingerprint density at radius 2 is 1.59 bits per heavy atom. The van der Waals surface area contributed by atoms with E-state index >= 15 is 4.39 Å². The number of nitrogens with zero attached hydrogens (tertiary/aromatic N) is 8. The third kappa shape index (κ3) is 7.87. The number of hydrogen-bond acceptors (Lipinski definition) is 13. The molecule has 5 saturated heterocycles. The molecule has 3 aromatic carbocycles. The van der Waals surface area contributed by atoms with Crippen LogP contribution in [0.1, 0.15) is 77.6 Å². The van der Waals surface area contributed by atoms with Gasteiger partial charge in [-0.25, -0.2) is 4.39 Å². The van der Waals surface area contributed by atoms with Crippen LogP contribution in [-0.4, -0.2) is 143 Å². The molecule has 3 unspecified atom stereocenters. The Kier molecular flexibility index (Phi) is 11.0. The summed E-state index contributed by atoms with van der Waals surface area (Å²) in [5.74, 6) is 0.793. The molecule has 17 heteroatoms. The number of benzene rings is 3. The smallest absolute Gasteiger partial charge is 0.319 e. The summed E-state index contributed by atoms with van der Waals surface area (Å²) in [5, 5.41) is 8.13. The number of fused-ring (bicyclic) bond motifs is 5. The van der Waals surface area contributed by atoms with Crippen molar-refractivity contribution in [1.82, 2.24) is 40.3 Å². The van der Waals surface area contributed by atoms with Gasteiger partial charge in [0, 0.05) is 117 Å². The lowest BCUT2D eigenvalue weighted by molar-refractivity contribution is -0.138. The van der Waals surface area contributed by atoms with Crippen molar-refractivity contribution in [3.63, 3.8) is 0 Å². The minimum absolute atomic E-state index is 0.0624. The van der Waals surface area contributed by atoms with Gasteiger partial charge in [0.05, 0.1) is 23.1 Å². The third-order valence-electron chi connectivity index (χ3n) is 15.8. The number of rotatable bonds is 10. The number of aromatic nitrogens is 3. The second kappa shape index (κ2) is 17.4. The number of hydrogen-bond donors (Lipinski definition) is 2. The van der Waals surface area contributed by atoms with Gasteiger partial charge in [0.2, 0.25) is 17.7 Å². The number of ether oxygens (including phenoxy) is 1. The molecule has 6 aliphatic heterocycles. The van der Waals surface area contributed by atoms with E-state index in [1.54, 1.807) is 18.3 Å². The molecule has 6 fully saturated rings. The normalized spacial score (nSPS) is 23.5. The van der Waals surface area contributed by atoms with Crippen molar-refractivity contribution in [2.75, 3.05) is 75.3 Å². The standard InChI is InChI=1S/C53H53FN10O6/c1-2-31-5-3-6-32-7-4-8-38(43(31)32)45-44(54)46-40(26-55-45)47(63-27-34-9-10-35(28-63)56-34)59-52(58-46)70-30-53(17-18-53)29-60-21-23-62(24-22-60)49(67)33-15-19-61(20-16-33)36-11-12-37-39(25-36)51(69)64(50(37)68)41-13-14-42(65)57-48(41)66/h1,3-8,11-12,25-26,33-35,41,56H,9-10,13-24,27-30H2,(H,57,65,66). The Labute approximate surface area is 403 Å². The van der Waals surface area contributed by atoms with Crippen LogP contribution < -0.4 is 25.2 Å². The molecule has 1 saturated carbocycles. The van der Waals surface area contributed by atoms with Crippen molar-refractivity contribution in [2.24, 2.45) is 11.3 Å². The van der Waals surface area contributed by atoms with Gasteiger partial charge < -0.3 is 24.8 Å². The van der Waals surface area contributed by atoms with Crippen LogP contribution in [-0.2, 0) is 14.4 Å². The van der Waals surface area contributed by atoms with Crippen LogP contribution >= 0.6 is 0 Å². The predicted octanol–water partition coefficient (Wildman–Crippen LogP) is 4.53. The number of piperazine rings is 2. The van der Waals surface area contributed by atoms with E-state index in [9.17, 15) is 24.0 Å². The van der Waals surface area contributed by atoms with Gasteiger partial charge >= 0.3 is 6.01 Å². The van der Waals surface area contributed by atoms with Gasteiger partial charge in [0.25, 0.3) is 11.8 Å². The number of pyridine rings is 1. The van der Waals surface area contributed by atoms with E-state index in [2.05, 4.69) is 31.3 Å². The van der Waals surface area contributed by atoms with Crippen molar-refractivity contribution >= 4 is 62.7 Å². The molecule has 2 aromatic heterocycles. The molecule has 2 bridgehead atoms. The van der Waals surface area contributed by atoms with E-state index in [1.807, 2.05) is 47.4 Å². The Bertz CT molecular complexity index is 3050. The van der Waals surface area contributed by atoms with Crippen LogP contribution in [0.2, 0.25) is 0 Å². The van der Waals surface area contributed by atoms with Crippen molar-refractivity contribution in [1.29, 1.82) is 0 Å². The summed E-state index contributed by atoms with van der Waals surface area (Å²) >= 11 is 0. The second-order valence-corrected chi connectivity index (χ2v) is 20.2. The Balaban J connectivity index is 0.685. The number of carbonyl (C=O) groups is 5. The van der Waals surface area contributed by atoms with E-state index in [-0.39, 0.29) is 58.4 Å². The Morgan fingerprint density at radius 3 is 2.31 bits per heavy atom. The lowest BCUT2D eigenvalue weighted by Crippen LogP contribution is -2.54. The van der Waals surface area contributed by atoms with Gasteiger partial charge in [-0.3, -0.25) is 44.1 Å². The third-order valence-corrected chi connectivity index (χ3v) is 15.8. The topological polar surface area (TPSA) is 174 Å². The molecule has 3 atom stereocenters. The van der Waals surface area contributed by atoms with Crippen LogP contribution in [0, 0.1) is 29.5 Å². The Morgan fingerprint density at radius 1 is 0.843 bits per heavy atom. The van der Waals surface area contributed by atoms with Crippen LogP contribution in [0.15, 0.2) is 60.8 Å². The summed E-state index contributed by atoms with van der Waals surface area (Å²) in [6.45, 7) is 6.73. The number of amides is 5. The average molecular weight is 945 g/mol. The molecule has 5 aromatic rings. The largest absolute Gasteiger partial charge is 0.463 e. The van der Waals surface area contributed by atoms with Crippen LogP contribution in [0.5, 0.6) is 6.01 Å². The van der Waals surface area contributed by atoms with Gasteiger partial charge in [0.1, 0.15) is 23.1 Å². The first-order valence-corrected chi connectivity index (χ1v) is 24.6. The number of terminal acetylenes is 1. The number of anilines is 2. The average Bonchev–Trinajstić information content (AvgIpc) is 4.00. The SMILES string of the molecule is C#Cc1cccc2cccc(-c3ncc4c(N5CC6CCC(C5)N6)nc(OCC5(CN6CCN(C(=O)C7CCN(c8ccc9c(c8)C(=O)N(C8CCC(=O)NC8=O)C9=O)CC7)CC6)CC5)nc4c3F)c12. The van der Waals surface area contributed by atoms with E-state index in [0.717, 1.165) is 79.8 Å². The van der Waals surface area contributed by atoms with Gasteiger partial charge in [0.15, 0.2) is 5.82 Å². The molecular formula is C53H53FN10O6. The molecule has 0 radical (unpaired) electrons. The highest BCUT2D eigenvalue weighted by Gasteiger charge is 2.47. The molecule has 70 heavy (non-hydrogen) atoms. The lowest BCUT2D eigenvalue weighted by atomic mass is 9.94. The lowest BCUT2D eigenvalue weighted by Gasteiger charge is -2.40. The summed E-state index contributed by atoms with van der Waals surface area (Å²) in [6.07, 6.45) is 13.2. The zero-order valence-electron chi connectivity index (χ0n) is 38.8. The fraction of sp³-hybridized carbons (Fsp3) is 0.434. The first-order valence-electron chi connectivity index (χ1n) is 24.6. The van der Waals surface area contributed by atoms with Gasteiger partial charge in [-0.1, -0.05) is 36.3 Å². The van der Waals surface area contributed by atoms with Crippen molar-refractivity contribution in [3.05, 3.63) is 83.3 Å². The molecule has 1 aliphatic carbocycles. The maximum absolute atomic E-state index is 17.1. The number of carbonyl (C=O) groups excluding carboxylic acids is 5. The first kappa shape index (κ1) is 44.2. The highest BCUT2D eigenvalue weighted by atomic mass is 19.1. The first-order chi connectivity index (χ1) is 34.0. The van der Waals surface area contributed by atoms with E-state index in [4.69, 9.17) is 26.1 Å². The molecule has 2 N–H and O–H groups in total. The molecule has 16 nitrogen and oxygen atoms in total. The number of piperidine rings is 2. The zero-order chi connectivity index (χ0) is 47.8. The molecule has 7 aliphatic rings. The van der Waals surface area contributed by atoms with Gasteiger partial charge in [-0.15, -0.1) is 6.42 Å². The highest BCUT2D eigenvalue weighted by molar-refractivity contribution is 6.23. The maximum atomic E-state index is 17.1. The van der Waals surface area contributed by atoms with E-state index < -0.39 is 35.5 Å². The molecule has 358 valence electrons. The molecule has 0 spiro atoms. The van der Waals surface area contributed by atoms with Crippen LogP contribution in [0.25, 0.3) is 32.9 Å². The summed E-state index contributed by atoms with van der Waals surface area (Å²) in [5.41, 5.74) is 2.79. The fourth-order valence-electron chi connectivity index (χ4n) is 11.8. The number of halogens is 1. The summed E-state index contributed by atoms with van der Waals surface area (Å²) < 4.78 is 23.6. The Hall–Kier alpha value is -7.03. The molecule has 12 rings (SSSR count). The van der Waals surface area contributed by atoms with Gasteiger partial charge in [-0.2, -0.15) is 9.97 Å². The van der Waals surface area contributed by atoms with Crippen LogP contribution in [0.4, 0.5) is 15.9 Å². The fourth-order valence-corrected chi connectivity index (χ4v) is 11.8. The highest BCUT2D eigenvalue weighted by Crippen LogP contribution is 2.47. The quantitative estimate of drug-likeness (QED) is 0.148. The molecule has 5 amide bonds. The van der Waals surface area contributed by atoms with Crippen molar-refractivity contribution in [2.45, 2.75) is 69.5 Å². The second-order valence-electron chi connectivity index (χ2n) is 20.2. The summed E-state index contributed by atoms with van der Waals surface area (Å²) in [7, 11) is 0. The van der Waals surface area contributed by atoms with Crippen LogP contribution in [0.3, 0.4) is 0 Å². The minimum atomic E-state index is -1.02. The van der Waals surface area contributed by atoms with Crippen molar-refractivity contribution in [3.8, 4) is 29.6 Å². The maximum Gasteiger partial charge on any atom is 0.319 e. The molecular weight excluding hydrogens is 892 g/mol. The monoisotopic (exact) mass is 944 g/mol. The predicted molar refractivity (Wildman–Crippen MR) is 259 cm³/mol. The summed E-state index contributed by atoms with van der Waals surface area (Å²) in [6, 6.07) is 16.4. The minimum Gasteiger partial charge on any atom is -0.463 e. The van der Waals surface area contributed by atoms with Crippen molar-refractivity contribution < 1.29 is 33.1 Å². The van der Waals surface area contributed by atoms with E-state index in [0.29, 0.717) is 80.0 Å².